The number of aromatic nitrogens is 3. The Balaban J connectivity index is 2.23. The van der Waals surface area contributed by atoms with Gasteiger partial charge in [0.05, 0.1) is 11.0 Å². The zero-order chi connectivity index (χ0) is 15.6. The fourth-order valence-corrected chi connectivity index (χ4v) is 1.83. The molecule has 1 heterocycles. The Labute approximate surface area is 121 Å². The van der Waals surface area contributed by atoms with E-state index in [4.69, 9.17) is 4.74 Å². The summed E-state index contributed by atoms with van der Waals surface area (Å²) in [7, 11) is 1.82. The number of aliphatic hydroxyl groups excluding tert-OH is 1. The monoisotopic (exact) mass is 292 g/mol. The lowest BCUT2D eigenvalue weighted by Crippen LogP contribution is -2.06. The fourth-order valence-electron chi connectivity index (χ4n) is 1.83. The van der Waals surface area contributed by atoms with E-state index in [9.17, 15) is 15.2 Å². The van der Waals surface area contributed by atoms with E-state index >= 15 is 0 Å². The molecule has 1 aromatic heterocycles. The molecule has 8 nitrogen and oxygen atoms in total. The van der Waals surface area contributed by atoms with Crippen molar-refractivity contribution in [1.29, 1.82) is 0 Å². The Morgan fingerprint density at radius 3 is 2.71 bits per heavy atom. The van der Waals surface area contributed by atoms with Crippen molar-refractivity contribution in [2.24, 2.45) is 7.05 Å². The van der Waals surface area contributed by atoms with Crippen LogP contribution in [0.15, 0.2) is 18.2 Å². The first kappa shape index (κ1) is 14.9. The minimum Gasteiger partial charge on any atom is -0.485 e. The zero-order valence-electron chi connectivity index (χ0n) is 12.0. The number of hydrogen-bond donors (Lipinski definition) is 1. The molecule has 112 valence electrons. The molecule has 0 bridgehead atoms. The van der Waals surface area contributed by atoms with Crippen molar-refractivity contribution >= 4 is 5.69 Å². The number of non-ortho nitro benzene ring substituents is 1. The topological polar surface area (TPSA) is 103 Å². The van der Waals surface area contributed by atoms with Gasteiger partial charge in [-0.3, -0.25) is 10.1 Å². The smallest absolute Gasteiger partial charge is 0.270 e. The molecule has 21 heavy (non-hydrogen) atoms. The average molecular weight is 292 g/mol. The standard InChI is InChI=1S/C13H16N4O4/c1-8(18)11-6-10(17(19)20)4-5-12(11)21-7-13-15-14-9(2)16(13)3/h4-6,8,18H,7H2,1-3H3/t8-/m0/s1. The first-order valence-corrected chi connectivity index (χ1v) is 6.34. The predicted octanol–water partition coefficient (Wildman–Crippen LogP) is 1.66. The molecule has 0 unspecified atom stereocenters. The largest absolute Gasteiger partial charge is 0.485 e. The van der Waals surface area contributed by atoms with Crippen LogP contribution in [0.1, 0.15) is 30.2 Å². The molecule has 0 spiro atoms. The SMILES string of the molecule is Cc1nnc(COc2ccc([N+](=O)[O-])cc2[C@H](C)O)n1C. The highest BCUT2D eigenvalue weighted by atomic mass is 16.6. The molecule has 0 aliphatic rings. The van der Waals surface area contributed by atoms with Gasteiger partial charge in [0.2, 0.25) is 0 Å². The quantitative estimate of drug-likeness (QED) is 0.664. The van der Waals surface area contributed by atoms with Crippen LogP contribution < -0.4 is 4.74 Å². The number of rotatable bonds is 5. The molecule has 1 aromatic carbocycles. The Morgan fingerprint density at radius 1 is 1.48 bits per heavy atom. The second-order valence-electron chi connectivity index (χ2n) is 4.67. The van der Waals surface area contributed by atoms with E-state index in [0.717, 1.165) is 5.82 Å². The zero-order valence-corrected chi connectivity index (χ0v) is 12.0. The molecule has 0 aliphatic carbocycles. The minimum absolute atomic E-state index is 0.0900. The summed E-state index contributed by atoms with van der Waals surface area (Å²) in [6.07, 6.45) is -0.874. The molecular weight excluding hydrogens is 276 g/mol. The third-order valence-electron chi connectivity index (χ3n) is 3.19. The van der Waals surface area contributed by atoms with Gasteiger partial charge in [-0.2, -0.15) is 0 Å². The number of nitrogens with zero attached hydrogens (tertiary/aromatic N) is 4. The van der Waals surface area contributed by atoms with Gasteiger partial charge in [-0.15, -0.1) is 10.2 Å². The fraction of sp³-hybridized carbons (Fsp3) is 0.385. The summed E-state index contributed by atoms with van der Waals surface area (Å²) >= 11 is 0. The lowest BCUT2D eigenvalue weighted by atomic mass is 10.1. The lowest BCUT2D eigenvalue weighted by Gasteiger charge is -2.13. The molecule has 2 rings (SSSR count). The van der Waals surface area contributed by atoms with Gasteiger partial charge < -0.3 is 14.4 Å². The van der Waals surface area contributed by atoms with Crippen molar-refractivity contribution in [3.05, 3.63) is 45.5 Å². The van der Waals surface area contributed by atoms with E-state index in [0.29, 0.717) is 17.1 Å². The Morgan fingerprint density at radius 2 is 2.19 bits per heavy atom. The Hall–Kier alpha value is -2.48. The third-order valence-corrected chi connectivity index (χ3v) is 3.19. The molecule has 0 aliphatic heterocycles. The summed E-state index contributed by atoms with van der Waals surface area (Å²) in [5.74, 6) is 1.77. The molecule has 0 saturated carbocycles. The molecule has 0 radical (unpaired) electrons. The maximum atomic E-state index is 10.8. The van der Waals surface area contributed by atoms with E-state index in [-0.39, 0.29) is 12.3 Å². The summed E-state index contributed by atoms with van der Waals surface area (Å²) < 4.78 is 7.39. The molecule has 0 fully saturated rings. The van der Waals surface area contributed by atoms with Crippen molar-refractivity contribution in [2.75, 3.05) is 0 Å². The van der Waals surface area contributed by atoms with Crippen LogP contribution in [0.3, 0.4) is 0 Å². The highest BCUT2D eigenvalue weighted by Gasteiger charge is 2.16. The highest BCUT2D eigenvalue weighted by Crippen LogP contribution is 2.29. The van der Waals surface area contributed by atoms with Gasteiger partial charge >= 0.3 is 0 Å². The van der Waals surface area contributed by atoms with Crippen LogP contribution in [0.5, 0.6) is 5.75 Å². The van der Waals surface area contributed by atoms with Crippen LogP contribution in [-0.4, -0.2) is 24.8 Å². The normalized spacial score (nSPS) is 12.2. The number of aliphatic hydroxyl groups is 1. The number of nitro benzene ring substituents is 1. The maximum Gasteiger partial charge on any atom is 0.270 e. The van der Waals surface area contributed by atoms with Crippen molar-refractivity contribution in [3.8, 4) is 5.75 Å². The molecule has 2 aromatic rings. The highest BCUT2D eigenvalue weighted by molar-refractivity contribution is 5.44. The second-order valence-corrected chi connectivity index (χ2v) is 4.67. The minimum atomic E-state index is -0.874. The van der Waals surface area contributed by atoms with Gasteiger partial charge in [-0.25, -0.2) is 0 Å². The van der Waals surface area contributed by atoms with Gasteiger partial charge in [0, 0.05) is 24.7 Å². The molecular formula is C13H16N4O4. The third kappa shape index (κ3) is 3.16. The van der Waals surface area contributed by atoms with Crippen LogP contribution in [0, 0.1) is 17.0 Å². The summed E-state index contributed by atoms with van der Waals surface area (Å²) in [6, 6.07) is 4.12. The van der Waals surface area contributed by atoms with Crippen LogP contribution in [0.4, 0.5) is 5.69 Å². The average Bonchev–Trinajstić information content (AvgIpc) is 2.76. The first-order valence-electron chi connectivity index (χ1n) is 6.34. The van der Waals surface area contributed by atoms with E-state index in [2.05, 4.69) is 10.2 Å². The van der Waals surface area contributed by atoms with E-state index < -0.39 is 11.0 Å². The van der Waals surface area contributed by atoms with Crippen molar-refractivity contribution in [3.63, 3.8) is 0 Å². The van der Waals surface area contributed by atoms with Crippen molar-refractivity contribution in [2.45, 2.75) is 26.6 Å². The van der Waals surface area contributed by atoms with Gasteiger partial charge in [0.1, 0.15) is 18.2 Å². The summed E-state index contributed by atoms with van der Waals surface area (Å²) in [5.41, 5.74) is 0.274. The molecule has 0 amide bonds. The second kappa shape index (κ2) is 5.88. The van der Waals surface area contributed by atoms with Crippen LogP contribution in [0.2, 0.25) is 0 Å². The van der Waals surface area contributed by atoms with Crippen LogP contribution in [0.25, 0.3) is 0 Å². The molecule has 1 atom stereocenters. The summed E-state index contributed by atoms with van der Waals surface area (Å²) in [4.78, 5) is 10.3. The van der Waals surface area contributed by atoms with Gasteiger partial charge in [-0.05, 0) is 19.9 Å². The number of nitro groups is 1. The molecule has 0 saturated heterocycles. The molecule has 8 heteroatoms. The Kier molecular flexibility index (Phi) is 4.18. The van der Waals surface area contributed by atoms with E-state index in [1.54, 1.807) is 4.57 Å². The maximum absolute atomic E-state index is 10.8. The van der Waals surface area contributed by atoms with Gasteiger partial charge in [-0.1, -0.05) is 0 Å². The number of aryl methyl sites for hydroxylation is 1. The summed E-state index contributed by atoms with van der Waals surface area (Å²) in [5, 5.41) is 28.4. The van der Waals surface area contributed by atoms with Gasteiger partial charge in [0.25, 0.3) is 5.69 Å². The van der Waals surface area contributed by atoms with Crippen molar-refractivity contribution in [1.82, 2.24) is 14.8 Å². The van der Waals surface area contributed by atoms with Crippen LogP contribution >= 0.6 is 0 Å². The molecule has 1 N–H and O–H groups in total. The predicted molar refractivity (Wildman–Crippen MR) is 73.8 cm³/mol. The number of benzene rings is 1. The van der Waals surface area contributed by atoms with E-state index in [1.807, 2.05) is 14.0 Å². The van der Waals surface area contributed by atoms with Crippen molar-refractivity contribution < 1.29 is 14.8 Å². The summed E-state index contributed by atoms with van der Waals surface area (Å²) in [6.45, 7) is 3.51. The number of hydrogen-bond acceptors (Lipinski definition) is 6. The Bertz CT molecular complexity index is 666. The lowest BCUT2D eigenvalue weighted by molar-refractivity contribution is -0.385. The van der Waals surface area contributed by atoms with Gasteiger partial charge in [0.15, 0.2) is 5.82 Å². The van der Waals surface area contributed by atoms with Crippen LogP contribution in [-0.2, 0) is 13.7 Å². The van der Waals surface area contributed by atoms with E-state index in [1.165, 1.54) is 25.1 Å². The first-order chi connectivity index (χ1) is 9.90. The number of ether oxygens (including phenoxy) is 1.